The van der Waals surface area contributed by atoms with E-state index in [4.69, 9.17) is 4.74 Å². The lowest BCUT2D eigenvalue weighted by Gasteiger charge is -2.15. The average Bonchev–Trinajstić information content (AvgIpc) is 2.62. The van der Waals surface area contributed by atoms with Crippen molar-refractivity contribution >= 4 is 16.7 Å². The Hall–Kier alpha value is -2.88. The molecule has 1 heterocycles. The molecule has 0 fully saturated rings. The molecule has 3 rings (SSSR count). The van der Waals surface area contributed by atoms with Crippen LogP contribution in [0.25, 0.3) is 10.8 Å². The summed E-state index contributed by atoms with van der Waals surface area (Å²) in [7, 11) is 0. The molecular weight excluding hydrogens is 300 g/mol. The first-order valence-corrected chi connectivity index (χ1v) is 8.05. The van der Waals surface area contributed by atoms with Gasteiger partial charge >= 0.3 is 0 Å². The highest BCUT2D eigenvalue weighted by molar-refractivity contribution is 6.06. The number of benzene rings is 2. The Morgan fingerprint density at radius 1 is 1.12 bits per heavy atom. The Morgan fingerprint density at radius 3 is 2.62 bits per heavy atom. The molecule has 0 saturated carbocycles. The number of nitrogens with zero attached hydrogens (tertiary/aromatic N) is 1. The second-order valence-electron chi connectivity index (χ2n) is 5.61. The number of ether oxygens (including phenoxy) is 1. The molecular formula is C20H20N2O2. The van der Waals surface area contributed by atoms with Crippen molar-refractivity contribution in [1.82, 2.24) is 10.3 Å². The number of fused-ring (bicyclic) bond motifs is 1. The summed E-state index contributed by atoms with van der Waals surface area (Å²) >= 11 is 0. The maximum Gasteiger partial charge on any atom is 0.253 e. The molecule has 0 aliphatic rings. The van der Waals surface area contributed by atoms with Crippen LogP contribution in [0.15, 0.2) is 60.9 Å². The van der Waals surface area contributed by atoms with Gasteiger partial charge in [-0.25, -0.2) is 0 Å². The van der Waals surface area contributed by atoms with Crippen molar-refractivity contribution in [2.45, 2.75) is 19.9 Å². The molecule has 0 saturated heterocycles. The maximum atomic E-state index is 12.6. The number of aromatic nitrogens is 1. The predicted molar refractivity (Wildman–Crippen MR) is 95.2 cm³/mol. The fourth-order valence-electron chi connectivity index (χ4n) is 2.67. The van der Waals surface area contributed by atoms with Crippen LogP contribution < -0.4 is 10.1 Å². The van der Waals surface area contributed by atoms with E-state index in [0.717, 1.165) is 22.1 Å². The molecule has 1 unspecified atom stereocenters. The third-order valence-electron chi connectivity index (χ3n) is 3.95. The van der Waals surface area contributed by atoms with Crippen molar-refractivity contribution in [1.29, 1.82) is 0 Å². The lowest BCUT2D eigenvalue weighted by atomic mass is 10.1. The number of amides is 1. The van der Waals surface area contributed by atoms with Gasteiger partial charge in [-0.15, -0.1) is 0 Å². The minimum Gasteiger partial charge on any atom is -0.494 e. The average molecular weight is 320 g/mol. The second kappa shape index (κ2) is 7.13. The lowest BCUT2D eigenvalue weighted by Crippen LogP contribution is -2.26. The molecule has 1 amide bonds. The Labute approximate surface area is 141 Å². The first-order valence-electron chi connectivity index (χ1n) is 8.05. The van der Waals surface area contributed by atoms with E-state index in [-0.39, 0.29) is 11.9 Å². The summed E-state index contributed by atoms with van der Waals surface area (Å²) in [6, 6.07) is 15.4. The van der Waals surface area contributed by atoms with Crippen LogP contribution in [0.1, 0.15) is 35.8 Å². The van der Waals surface area contributed by atoms with E-state index in [9.17, 15) is 4.79 Å². The monoisotopic (exact) mass is 320 g/mol. The number of hydrogen-bond acceptors (Lipinski definition) is 3. The number of rotatable bonds is 5. The largest absolute Gasteiger partial charge is 0.494 e. The number of nitrogens with one attached hydrogen (secondary N) is 1. The molecule has 0 radical (unpaired) electrons. The summed E-state index contributed by atoms with van der Waals surface area (Å²) in [5.74, 6) is 0.707. The van der Waals surface area contributed by atoms with Crippen LogP contribution in [0.3, 0.4) is 0 Å². The molecule has 3 aromatic rings. The zero-order chi connectivity index (χ0) is 16.9. The van der Waals surface area contributed by atoms with Crippen molar-refractivity contribution < 1.29 is 9.53 Å². The first-order chi connectivity index (χ1) is 11.7. The third-order valence-corrected chi connectivity index (χ3v) is 3.95. The predicted octanol–water partition coefficient (Wildman–Crippen LogP) is 4.12. The molecule has 0 aliphatic carbocycles. The normalized spacial score (nSPS) is 11.9. The topological polar surface area (TPSA) is 51.2 Å². The Morgan fingerprint density at radius 2 is 1.88 bits per heavy atom. The smallest absolute Gasteiger partial charge is 0.253 e. The second-order valence-corrected chi connectivity index (χ2v) is 5.61. The van der Waals surface area contributed by atoms with Crippen LogP contribution in [-0.4, -0.2) is 17.5 Å². The van der Waals surface area contributed by atoms with E-state index in [0.29, 0.717) is 12.2 Å². The lowest BCUT2D eigenvalue weighted by molar-refractivity contribution is 0.0941. The van der Waals surface area contributed by atoms with Gasteiger partial charge in [0.1, 0.15) is 5.75 Å². The highest BCUT2D eigenvalue weighted by atomic mass is 16.5. The zero-order valence-electron chi connectivity index (χ0n) is 13.8. The molecule has 2 aromatic carbocycles. The standard InChI is InChI=1S/C20H20N2O2/c1-3-24-17-10-8-15(9-11-17)14(2)22-20(23)19-13-21-12-16-6-4-5-7-18(16)19/h4-14H,3H2,1-2H3,(H,22,23). The number of pyridine rings is 1. The van der Waals surface area contributed by atoms with Crippen LogP contribution in [0.4, 0.5) is 0 Å². The molecule has 122 valence electrons. The molecule has 4 heteroatoms. The molecule has 1 atom stereocenters. The Kier molecular flexibility index (Phi) is 4.75. The van der Waals surface area contributed by atoms with E-state index in [1.165, 1.54) is 0 Å². The van der Waals surface area contributed by atoms with Gasteiger partial charge in [-0.3, -0.25) is 9.78 Å². The molecule has 1 aromatic heterocycles. The highest BCUT2D eigenvalue weighted by Gasteiger charge is 2.14. The molecule has 0 bridgehead atoms. The summed E-state index contributed by atoms with van der Waals surface area (Å²) in [6.07, 6.45) is 3.38. The van der Waals surface area contributed by atoms with Crippen LogP contribution >= 0.6 is 0 Å². The summed E-state index contributed by atoms with van der Waals surface area (Å²) in [6.45, 7) is 4.56. The maximum absolute atomic E-state index is 12.6. The number of carbonyl (C=O) groups excluding carboxylic acids is 1. The molecule has 4 nitrogen and oxygen atoms in total. The number of hydrogen-bond donors (Lipinski definition) is 1. The fourth-order valence-corrected chi connectivity index (χ4v) is 2.67. The zero-order valence-corrected chi connectivity index (χ0v) is 13.8. The molecule has 0 spiro atoms. The fraction of sp³-hybridized carbons (Fsp3) is 0.200. The third kappa shape index (κ3) is 3.38. The quantitative estimate of drug-likeness (QED) is 0.769. The van der Waals surface area contributed by atoms with E-state index >= 15 is 0 Å². The Balaban J connectivity index is 1.78. The highest BCUT2D eigenvalue weighted by Crippen LogP contribution is 2.20. The van der Waals surface area contributed by atoms with E-state index in [1.807, 2.05) is 62.4 Å². The van der Waals surface area contributed by atoms with Crippen LogP contribution in [-0.2, 0) is 0 Å². The van der Waals surface area contributed by atoms with Crippen molar-refractivity contribution in [3.05, 3.63) is 72.1 Å². The van der Waals surface area contributed by atoms with Crippen molar-refractivity contribution in [2.75, 3.05) is 6.61 Å². The van der Waals surface area contributed by atoms with E-state index < -0.39 is 0 Å². The SMILES string of the molecule is CCOc1ccc(C(C)NC(=O)c2cncc3ccccc23)cc1. The van der Waals surface area contributed by atoms with Crippen LogP contribution in [0, 0.1) is 0 Å². The molecule has 1 N–H and O–H groups in total. The summed E-state index contributed by atoms with van der Waals surface area (Å²) in [4.78, 5) is 16.8. The van der Waals surface area contributed by atoms with Crippen molar-refractivity contribution in [3.63, 3.8) is 0 Å². The first kappa shape index (κ1) is 16.0. The molecule has 0 aliphatic heterocycles. The van der Waals surface area contributed by atoms with Gasteiger partial charge in [-0.05, 0) is 36.9 Å². The summed E-state index contributed by atoms with van der Waals surface area (Å²) < 4.78 is 5.44. The minimum absolute atomic E-state index is 0.104. The Bertz CT molecular complexity index is 838. The van der Waals surface area contributed by atoms with Gasteiger partial charge in [0.25, 0.3) is 5.91 Å². The minimum atomic E-state index is -0.124. The van der Waals surface area contributed by atoms with Crippen LogP contribution in [0.2, 0.25) is 0 Å². The summed E-state index contributed by atoms with van der Waals surface area (Å²) in [5, 5.41) is 4.90. The van der Waals surface area contributed by atoms with Gasteiger partial charge in [0.05, 0.1) is 18.2 Å². The molecule has 24 heavy (non-hydrogen) atoms. The van der Waals surface area contributed by atoms with Gasteiger partial charge in [0, 0.05) is 17.8 Å². The van der Waals surface area contributed by atoms with Gasteiger partial charge in [-0.2, -0.15) is 0 Å². The summed E-state index contributed by atoms with van der Waals surface area (Å²) in [5.41, 5.74) is 1.62. The number of carbonyl (C=O) groups is 1. The van der Waals surface area contributed by atoms with E-state index in [2.05, 4.69) is 10.3 Å². The van der Waals surface area contributed by atoms with Crippen molar-refractivity contribution in [3.8, 4) is 5.75 Å². The van der Waals surface area contributed by atoms with Gasteiger partial charge in [0.15, 0.2) is 0 Å². The van der Waals surface area contributed by atoms with Crippen LogP contribution in [0.5, 0.6) is 5.75 Å². The van der Waals surface area contributed by atoms with Crippen molar-refractivity contribution in [2.24, 2.45) is 0 Å². The van der Waals surface area contributed by atoms with E-state index in [1.54, 1.807) is 12.4 Å². The van der Waals surface area contributed by atoms with Gasteiger partial charge in [0.2, 0.25) is 0 Å². The van der Waals surface area contributed by atoms with Gasteiger partial charge in [-0.1, -0.05) is 36.4 Å². The van der Waals surface area contributed by atoms with Gasteiger partial charge < -0.3 is 10.1 Å².